The van der Waals surface area contributed by atoms with Gasteiger partial charge in [0.2, 0.25) is 0 Å². The van der Waals surface area contributed by atoms with E-state index in [0.717, 1.165) is 16.8 Å². The van der Waals surface area contributed by atoms with Crippen LogP contribution in [0.3, 0.4) is 0 Å². The van der Waals surface area contributed by atoms with Crippen LogP contribution in [0, 0.1) is 0 Å². The van der Waals surface area contributed by atoms with Gasteiger partial charge in [-0.2, -0.15) is 11.8 Å². The molecule has 2 rings (SSSR count). The molecule has 1 saturated heterocycles. The van der Waals surface area contributed by atoms with Crippen molar-refractivity contribution in [3.05, 3.63) is 28.2 Å². The Bertz CT molecular complexity index is 433. The number of amides is 1. The van der Waals surface area contributed by atoms with E-state index in [4.69, 9.17) is 4.74 Å². The topological polar surface area (TPSA) is 38.3 Å². The second-order valence-corrected chi connectivity index (χ2v) is 6.46. The fourth-order valence-electron chi connectivity index (χ4n) is 1.92. The van der Waals surface area contributed by atoms with Gasteiger partial charge in [-0.15, -0.1) is 0 Å². The van der Waals surface area contributed by atoms with Gasteiger partial charge in [-0.1, -0.05) is 0 Å². The summed E-state index contributed by atoms with van der Waals surface area (Å²) in [7, 11) is 1.61. The Morgan fingerprint density at radius 3 is 3.06 bits per heavy atom. The first-order valence-electron chi connectivity index (χ1n) is 5.94. The van der Waals surface area contributed by atoms with Crippen molar-refractivity contribution in [2.24, 2.45) is 0 Å². The summed E-state index contributed by atoms with van der Waals surface area (Å²) < 4.78 is 5.94. The van der Waals surface area contributed by atoms with Crippen LogP contribution in [0.1, 0.15) is 23.2 Å². The Balaban J connectivity index is 1.93. The average Bonchev–Trinajstić information content (AvgIpc) is 2.89. The molecule has 98 valence electrons. The van der Waals surface area contributed by atoms with Crippen molar-refractivity contribution in [3.8, 4) is 5.75 Å². The Kier molecular flexibility index (Phi) is 4.95. The quantitative estimate of drug-likeness (QED) is 0.922. The first kappa shape index (κ1) is 13.7. The van der Waals surface area contributed by atoms with Gasteiger partial charge in [0.25, 0.3) is 5.91 Å². The van der Waals surface area contributed by atoms with E-state index in [1.807, 2.05) is 11.8 Å². The van der Waals surface area contributed by atoms with Gasteiger partial charge < -0.3 is 10.1 Å². The molecule has 1 aliphatic rings. The van der Waals surface area contributed by atoms with Crippen molar-refractivity contribution in [1.29, 1.82) is 0 Å². The minimum absolute atomic E-state index is 0.0224. The molecule has 5 heteroatoms. The number of halogens is 1. The zero-order valence-corrected chi connectivity index (χ0v) is 12.6. The first-order chi connectivity index (χ1) is 8.70. The van der Waals surface area contributed by atoms with Crippen LogP contribution in [-0.4, -0.2) is 30.6 Å². The van der Waals surface area contributed by atoms with E-state index in [1.165, 1.54) is 18.6 Å². The van der Waals surface area contributed by atoms with E-state index in [-0.39, 0.29) is 5.91 Å². The maximum Gasteiger partial charge on any atom is 0.251 e. The monoisotopic (exact) mass is 329 g/mol. The minimum atomic E-state index is -0.0224. The summed E-state index contributed by atoms with van der Waals surface area (Å²) in [5, 5.41) is 3.56. The van der Waals surface area contributed by atoms with Gasteiger partial charge in [0, 0.05) is 17.4 Å². The molecule has 1 fully saturated rings. The van der Waals surface area contributed by atoms with Crippen molar-refractivity contribution in [1.82, 2.24) is 5.32 Å². The van der Waals surface area contributed by atoms with Crippen molar-refractivity contribution in [2.45, 2.75) is 18.1 Å². The normalized spacial score (nSPS) is 18.7. The summed E-state index contributed by atoms with van der Waals surface area (Å²) >= 11 is 5.33. The number of hydrogen-bond acceptors (Lipinski definition) is 3. The van der Waals surface area contributed by atoms with E-state index in [9.17, 15) is 4.79 Å². The van der Waals surface area contributed by atoms with E-state index in [2.05, 4.69) is 21.2 Å². The van der Waals surface area contributed by atoms with Crippen molar-refractivity contribution in [2.75, 3.05) is 19.4 Å². The number of thioether (sulfide) groups is 1. The van der Waals surface area contributed by atoms with Crippen LogP contribution >= 0.6 is 27.7 Å². The summed E-state index contributed by atoms with van der Waals surface area (Å²) in [5.74, 6) is 1.93. The molecule has 1 atom stereocenters. The summed E-state index contributed by atoms with van der Waals surface area (Å²) in [6, 6.07) is 5.36. The highest BCUT2D eigenvalue weighted by Crippen LogP contribution is 2.26. The lowest BCUT2D eigenvalue weighted by molar-refractivity contribution is 0.0953. The molecule has 1 amide bonds. The van der Waals surface area contributed by atoms with Crippen molar-refractivity contribution >= 4 is 33.6 Å². The number of benzene rings is 1. The molecule has 1 aromatic rings. The summed E-state index contributed by atoms with van der Waals surface area (Å²) in [6.07, 6.45) is 2.47. The maximum absolute atomic E-state index is 12.0. The smallest absolute Gasteiger partial charge is 0.251 e. The highest BCUT2D eigenvalue weighted by Gasteiger charge is 2.17. The van der Waals surface area contributed by atoms with Gasteiger partial charge in [-0.05, 0) is 52.7 Å². The first-order valence-corrected chi connectivity index (χ1v) is 7.78. The lowest BCUT2D eigenvalue weighted by Gasteiger charge is -2.11. The Morgan fingerprint density at radius 2 is 2.44 bits per heavy atom. The Morgan fingerprint density at radius 1 is 1.61 bits per heavy atom. The lowest BCUT2D eigenvalue weighted by Crippen LogP contribution is -2.29. The Labute approximate surface area is 120 Å². The molecule has 0 radical (unpaired) electrons. The number of carbonyl (C=O) groups excluding carboxylic acids is 1. The molecular formula is C13H16BrNO2S. The van der Waals surface area contributed by atoms with Crippen molar-refractivity contribution < 1.29 is 9.53 Å². The van der Waals surface area contributed by atoms with Crippen LogP contribution in [0.5, 0.6) is 5.75 Å². The summed E-state index contributed by atoms with van der Waals surface area (Å²) in [5.41, 5.74) is 0.658. The van der Waals surface area contributed by atoms with E-state index >= 15 is 0 Å². The number of hydrogen-bond donors (Lipinski definition) is 1. The number of ether oxygens (including phenoxy) is 1. The van der Waals surface area contributed by atoms with Crippen LogP contribution in [0.25, 0.3) is 0 Å². The van der Waals surface area contributed by atoms with E-state index < -0.39 is 0 Å². The zero-order chi connectivity index (χ0) is 13.0. The lowest BCUT2D eigenvalue weighted by atomic mass is 10.2. The average molecular weight is 330 g/mol. The predicted octanol–water partition coefficient (Wildman–Crippen LogP) is 3.08. The molecule has 1 unspecified atom stereocenters. The van der Waals surface area contributed by atoms with Gasteiger partial charge in [0.1, 0.15) is 5.75 Å². The number of carbonyl (C=O) groups is 1. The second kappa shape index (κ2) is 6.48. The number of methoxy groups -OCH3 is 1. The number of nitrogens with one attached hydrogen (secondary N) is 1. The highest BCUT2D eigenvalue weighted by atomic mass is 79.9. The molecule has 18 heavy (non-hydrogen) atoms. The van der Waals surface area contributed by atoms with E-state index in [1.54, 1.807) is 25.3 Å². The van der Waals surface area contributed by atoms with Gasteiger partial charge >= 0.3 is 0 Å². The SMILES string of the molecule is COc1ccc(C(=O)NCC2CCCS2)cc1Br. The predicted molar refractivity (Wildman–Crippen MR) is 78.5 cm³/mol. The molecule has 1 aliphatic heterocycles. The third-order valence-electron chi connectivity index (χ3n) is 2.93. The molecule has 0 bridgehead atoms. The standard InChI is InChI=1S/C13H16BrNO2S/c1-17-12-5-4-9(7-11(12)14)13(16)15-8-10-3-2-6-18-10/h4-5,7,10H,2-3,6,8H2,1H3,(H,15,16). The summed E-state index contributed by atoms with van der Waals surface area (Å²) in [4.78, 5) is 12.0. The molecular weight excluding hydrogens is 314 g/mol. The molecule has 1 N–H and O–H groups in total. The third-order valence-corrected chi connectivity index (χ3v) is 4.95. The Hall–Kier alpha value is -0.680. The van der Waals surface area contributed by atoms with Gasteiger partial charge in [0.15, 0.2) is 0 Å². The van der Waals surface area contributed by atoms with Gasteiger partial charge in [-0.3, -0.25) is 4.79 Å². The van der Waals surface area contributed by atoms with E-state index in [0.29, 0.717) is 10.8 Å². The third kappa shape index (κ3) is 3.42. The molecule has 3 nitrogen and oxygen atoms in total. The molecule has 1 heterocycles. The number of rotatable bonds is 4. The minimum Gasteiger partial charge on any atom is -0.496 e. The molecule has 1 aromatic carbocycles. The van der Waals surface area contributed by atoms with Crippen LogP contribution in [0.2, 0.25) is 0 Å². The maximum atomic E-state index is 12.0. The molecule has 0 saturated carbocycles. The molecule has 0 aliphatic carbocycles. The van der Waals surface area contributed by atoms with Gasteiger partial charge in [-0.25, -0.2) is 0 Å². The van der Waals surface area contributed by atoms with Crippen molar-refractivity contribution in [3.63, 3.8) is 0 Å². The summed E-state index contributed by atoms with van der Waals surface area (Å²) in [6.45, 7) is 0.757. The molecule has 0 aromatic heterocycles. The largest absolute Gasteiger partial charge is 0.496 e. The van der Waals surface area contributed by atoms with Crippen LogP contribution in [0.4, 0.5) is 0 Å². The second-order valence-electron chi connectivity index (χ2n) is 4.19. The molecule has 0 spiro atoms. The fraction of sp³-hybridized carbons (Fsp3) is 0.462. The van der Waals surface area contributed by atoms with Gasteiger partial charge in [0.05, 0.1) is 11.6 Å². The van der Waals surface area contributed by atoms with Crippen LogP contribution in [-0.2, 0) is 0 Å². The zero-order valence-electron chi connectivity index (χ0n) is 10.2. The highest BCUT2D eigenvalue weighted by molar-refractivity contribution is 9.10. The van der Waals surface area contributed by atoms with Crippen LogP contribution < -0.4 is 10.1 Å². The fourth-order valence-corrected chi connectivity index (χ4v) is 3.66. The van der Waals surface area contributed by atoms with Crippen LogP contribution in [0.15, 0.2) is 22.7 Å².